The lowest BCUT2D eigenvalue weighted by Gasteiger charge is -2.07. The highest BCUT2D eigenvalue weighted by molar-refractivity contribution is 9.10. The van der Waals surface area contributed by atoms with Gasteiger partial charge in [-0.1, -0.05) is 0 Å². The van der Waals surface area contributed by atoms with Gasteiger partial charge in [-0.05, 0) is 22.0 Å². The minimum Gasteiger partial charge on any atom is -0.383 e. The van der Waals surface area contributed by atoms with Crippen LogP contribution in [0.25, 0.3) is 0 Å². The van der Waals surface area contributed by atoms with Crippen LogP contribution in [0.4, 0.5) is 14.6 Å². The third-order valence-electron chi connectivity index (χ3n) is 1.54. The molecule has 0 atom stereocenters. The average molecular weight is 252 g/mol. The van der Waals surface area contributed by atoms with E-state index in [9.17, 15) is 8.78 Å². The molecule has 1 aromatic rings. The first-order chi connectivity index (χ1) is 6.06. The van der Waals surface area contributed by atoms with Gasteiger partial charge in [-0.25, -0.2) is 13.8 Å². The molecule has 1 heterocycles. The van der Waals surface area contributed by atoms with E-state index in [1.165, 1.54) is 6.07 Å². The first kappa shape index (κ1) is 10.3. The SMILES string of the molecule is NCc1nc(N)c(C(F)F)cc1Br. The van der Waals surface area contributed by atoms with Gasteiger partial charge in [0.25, 0.3) is 6.43 Å². The Morgan fingerprint density at radius 2 is 2.15 bits per heavy atom. The van der Waals surface area contributed by atoms with E-state index in [0.29, 0.717) is 10.2 Å². The van der Waals surface area contributed by atoms with Crippen molar-refractivity contribution in [2.45, 2.75) is 13.0 Å². The van der Waals surface area contributed by atoms with E-state index in [1.54, 1.807) is 0 Å². The monoisotopic (exact) mass is 251 g/mol. The van der Waals surface area contributed by atoms with Crippen LogP contribution in [-0.2, 0) is 6.54 Å². The zero-order chi connectivity index (χ0) is 10.0. The third kappa shape index (κ3) is 2.13. The Morgan fingerprint density at radius 1 is 1.54 bits per heavy atom. The van der Waals surface area contributed by atoms with Crippen molar-refractivity contribution in [2.24, 2.45) is 5.73 Å². The van der Waals surface area contributed by atoms with Gasteiger partial charge in [-0.15, -0.1) is 0 Å². The first-order valence-electron chi connectivity index (χ1n) is 3.49. The first-order valence-corrected chi connectivity index (χ1v) is 4.28. The maximum absolute atomic E-state index is 12.3. The Morgan fingerprint density at radius 3 is 2.62 bits per heavy atom. The number of aromatic nitrogens is 1. The summed E-state index contributed by atoms with van der Waals surface area (Å²) in [6.07, 6.45) is -2.62. The number of hydrogen-bond donors (Lipinski definition) is 2. The Balaban J connectivity index is 3.20. The van der Waals surface area contributed by atoms with E-state index >= 15 is 0 Å². The summed E-state index contributed by atoms with van der Waals surface area (Å²) in [7, 11) is 0. The van der Waals surface area contributed by atoms with Crippen LogP contribution in [0.2, 0.25) is 0 Å². The molecule has 0 aliphatic heterocycles. The van der Waals surface area contributed by atoms with Crippen LogP contribution in [0, 0.1) is 0 Å². The highest BCUT2D eigenvalue weighted by Crippen LogP contribution is 2.28. The second-order valence-electron chi connectivity index (χ2n) is 2.40. The molecule has 1 aromatic heterocycles. The average Bonchev–Trinajstić information content (AvgIpc) is 2.07. The number of halogens is 3. The normalized spacial score (nSPS) is 10.8. The summed E-state index contributed by atoms with van der Waals surface area (Å²) >= 11 is 3.08. The molecule has 3 nitrogen and oxygen atoms in total. The Labute approximate surface area is 82.3 Å². The maximum Gasteiger partial charge on any atom is 0.267 e. The summed E-state index contributed by atoms with van der Waals surface area (Å²) in [4.78, 5) is 3.74. The molecule has 0 aliphatic carbocycles. The van der Waals surface area contributed by atoms with E-state index < -0.39 is 6.43 Å². The molecule has 1 rings (SSSR count). The number of pyridine rings is 1. The molecule has 0 bridgehead atoms. The number of hydrogen-bond acceptors (Lipinski definition) is 3. The predicted octanol–water partition coefficient (Wildman–Crippen LogP) is 1.82. The van der Waals surface area contributed by atoms with Gasteiger partial charge in [0.15, 0.2) is 0 Å². The van der Waals surface area contributed by atoms with E-state index in [-0.39, 0.29) is 17.9 Å². The lowest BCUT2D eigenvalue weighted by molar-refractivity contribution is 0.152. The van der Waals surface area contributed by atoms with Gasteiger partial charge >= 0.3 is 0 Å². The lowest BCUT2D eigenvalue weighted by atomic mass is 10.2. The molecule has 6 heteroatoms. The molecule has 0 radical (unpaired) electrons. The van der Waals surface area contributed by atoms with Crippen molar-refractivity contribution in [1.29, 1.82) is 0 Å². The van der Waals surface area contributed by atoms with Gasteiger partial charge in [0, 0.05) is 11.0 Å². The molecule has 4 N–H and O–H groups in total. The molecule has 0 unspecified atom stereocenters. The summed E-state index contributed by atoms with van der Waals surface area (Å²) in [6, 6.07) is 1.25. The molecule has 0 aliphatic rings. The molecule has 72 valence electrons. The zero-order valence-corrected chi connectivity index (χ0v) is 8.18. The summed E-state index contributed by atoms with van der Waals surface area (Å²) in [5, 5.41) is 0. The fraction of sp³-hybridized carbons (Fsp3) is 0.286. The van der Waals surface area contributed by atoms with Gasteiger partial charge < -0.3 is 11.5 Å². The van der Waals surface area contributed by atoms with Crippen LogP contribution < -0.4 is 11.5 Å². The van der Waals surface area contributed by atoms with Crippen LogP contribution in [0.5, 0.6) is 0 Å². The molecule has 0 amide bonds. The molecule has 0 spiro atoms. The van der Waals surface area contributed by atoms with Gasteiger partial charge in [0.1, 0.15) is 5.82 Å². The molecule has 0 fully saturated rings. The van der Waals surface area contributed by atoms with Crippen molar-refractivity contribution < 1.29 is 8.78 Å². The fourth-order valence-corrected chi connectivity index (χ4v) is 1.37. The molecule has 0 aromatic carbocycles. The van der Waals surface area contributed by atoms with Crippen molar-refractivity contribution >= 4 is 21.7 Å². The van der Waals surface area contributed by atoms with Crippen molar-refractivity contribution in [3.8, 4) is 0 Å². The number of anilines is 1. The van der Waals surface area contributed by atoms with Crippen molar-refractivity contribution in [2.75, 3.05) is 5.73 Å². The predicted molar refractivity (Wildman–Crippen MR) is 49.2 cm³/mol. The summed E-state index contributed by atoms with van der Waals surface area (Å²) in [5.41, 5.74) is 10.8. The Kier molecular flexibility index (Phi) is 3.16. The van der Waals surface area contributed by atoms with E-state index in [1.807, 2.05) is 0 Å². The van der Waals surface area contributed by atoms with E-state index in [4.69, 9.17) is 11.5 Å². The van der Waals surface area contributed by atoms with E-state index in [2.05, 4.69) is 20.9 Å². The van der Waals surface area contributed by atoms with Crippen LogP contribution in [-0.4, -0.2) is 4.98 Å². The van der Waals surface area contributed by atoms with Crippen molar-refractivity contribution in [3.63, 3.8) is 0 Å². The molecule has 0 saturated carbocycles. The number of nitrogen functional groups attached to an aromatic ring is 1. The zero-order valence-electron chi connectivity index (χ0n) is 6.60. The maximum atomic E-state index is 12.3. The molecule has 13 heavy (non-hydrogen) atoms. The summed E-state index contributed by atoms with van der Waals surface area (Å²) in [6.45, 7) is 0.161. The smallest absolute Gasteiger partial charge is 0.267 e. The highest BCUT2D eigenvalue weighted by atomic mass is 79.9. The van der Waals surface area contributed by atoms with Crippen molar-refractivity contribution in [3.05, 3.63) is 21.8 Å². The highest BCUT2D eigenvalue weighted by Gasteiger charge is 2.14. The minimum atomic E-state index is -2.62. The second-order valence-corrected chi connectivity index (χ2v) is 3.25. The van der Waals surface area contributed by atoms with Gasteiger partial charge in [0.05, 0.1) is 11.3 Å². The van der Waals surface area contributed by atoms with Crippen molar-refractivity contribution in [1.82, 2.24) is 4.98 Å². The molecule has 0 saturated heterocycles. The Hall–Kier alpha value is -0.750. The number of alkyl halides is 2. The second kappa shape index (κ2) is 3.97. The lowest BCUT2D eigenvalue weighted by Crippen LogP contribution is -2.06. The fourth-order valence-electron chi connectivity index (χ4n) is 0.875. The molecular formula is C7H8BrF2N3. The minimum absolute atomic E-state index is 0.161. The summed E-state index contributed by atoms with van der Waals surface area (Å²) in [5.74, 6) is -0.168. The largest absolute Gasteiger partial charge is 0.383 e. The van der Waals surface area contributed by atoms with Gasteiger partial charge in [-0.2, -0.15) is 0 Å². The number of rotatable bonds is 2. The number of nitrogens with two attached hydrogens (primary N) is 2. The molecular weight excluding hydrogens is 244 g/mol. The van der Waals surface area contributed by atoms with Crippen LogP contribution >= 0.6 is 15.9 Å². The topological polar surface area (TPSA) is 64.9 Å². The van der Waals surface area contributed by atoms with Crippen LogP contribution in [0.3, 0.4) is 0 Å². The quantitative estimate of drug-likeness (QED) is 0.843. The Bertz CT molecular complexity index is 317. The number of nitrogens with zero attached hydrogens (tertiary/aromatic N) is 1. The summed E-state index contributed by atoms with van der Waals surface area (Å²) < 4.78 is 25.0. The third-order valence-corrected chi connectivity index (χ3v) is 2.22. The van der Waals surface area contributed by atoms with Crippen LogP contribution in [0.15, 0.2) is 10.5 Å². The van der Waals surface area contributed by atoms with E-state index in [0.717, 1.165) is 0 Å². The van der Waals surface area contributed by atoms with Crippen LogP contribution in [0.1, 0.15) is 17.7 Å². The van der Waals surface area contributed by atoms with Gasteiger partial charge in [-0.3, -0.25) is 0 Å². The standard InChI is InChI=1S/C7H8BrF2N3/c8-4-1-3(6(9)10)7(12)13-5(4)2-11/h1,6H,2,11H2,(H2,12,13). The van der Waals surface area contributed by atoms with Gasteiger partial charge in [0.2, 0.25) is 0 Å².